The topological polar surface area (TPSA) is 80.2 Å². The maximum Gasteiger partial charge on any atom is 0.0737 e. The molecule has 0 radical (unpaired) electrons. The molecule has 0 saturated carbocycles. The van der Waals surface area contributed by atoms with Crippen molar-refractivity contribution in [3.8, 4) is 0 Å². The van der Waals surface area contributed by atoms with Crippen LogP contribution in [0, 0.1) is 0 Å². The Morgan fingerprint density at radius 1 is 1.19 bits per heavy atom. The van der Waals surface area contributed by atoms with Gasteiger partial charge in [-0.15, -0.1) is 0 Å². The predicted molar refractivity (Wildman–Crippen MR) is 122 cm³/mol. The molecular weight excluding hydrogens is 358 g/mol. The summed E-state index contributed by atoms with van der Waals surface area (Å²) in [7, 11) is 1.50. The lowest BCUT2D eigenvalue weighted by Gasteiger charge is -2.21. The summed E-state index contributed by atoms with van der Waals surface area (Å²) in [6, 6.07) is 8.28. The average Bonchev–Trinajstić information content (AvgIpc) is 2.70. The highest BCUT2D eigenvalue weighted by Gasteiger charge is 2.08. The summed E-state index contributed by atoms with van der Waals surface area (Å²) in [5.41, 5.74) is 12.2. The number of likely N-dealkylation sites (N-methyl/N-ethyl adjacent to an activating group) is 1. The van der Waals surface area contributed by atoms with E-state index in [1.165, 1.54) is 7.05 Å². The number of anilines is 1. The van der Waals surface area contributed by atoms with Gasteiger partial charge in [0, 0.05) is 41.4 Å². The summed E-state index contributed by atoms with van der Waals surface area (Å²) in [5.74, 6) is 0. The minimum atomic E-state index is 0.410. The van der Waals surface area contributed by atoms with Crippen molar-refractivity contribution in [2.24, 2.45) is 11.5 Å². The predicted octanol–water partition coefficient (Wildman–Crippen LogP) is 4.35. The third-order valence-corrected chi connectivity index (χ3v) is 4.35. The van der Waals surface area contributed by atoms with Crippen LogP contribution in [-0.4, -0.2) is 49.2 Å². The molecule has 27 heavy (non-hydrogen) atoms. The van der Waals surface area contributed by atoms with Crippen LogP contribution < -0.4 is 16.8 Å². The Balaban J connectivity index is 0.00000158. The highest BCUT2D eigenvalue weighted by Crippen LogP contribution is 2.25. The van der Waals surface area contributed by atoms with E-state index in [0.29, 0.717) is 6.04 Å². The summed E-state index contributed by atoms with van der Waals surface area (Å²) < 4.78 is 0. The molecule has 2 rings (SSSR count). The van der Waals surface area contributed by atoms with E-state index in [-0.39, 0.29) is 0 Å². The van der Waals surface area contributed by atoms with Crippen molar-refractivity contribution < 1.29 is 0 Å². The molecule has 2 aromatic rings. The SMILES string of the molecule is CC.CCN(CCN)CCCC(C)Nc1ccnc2cc(Cl)ccc12.CN. The fourth-order valence-electron chi connectivity index (χ4n) is 2.82. The minimum absolute atomic E-state index is 0.410. The van der Waals surface area contributed by atoms with E-state index < -0.39 is 0 Å². The van der Waals surface area contributed by atoms with Crippen LogP contribution in [0.25, 0.3) is 10.9 Å². The molecule has 5 nitrogen and oxygen atoms in total. The fourth-order valence-corrected chi connectivity index (χ4v) is 2.98. The lowest BCUT2D eigenvalue weighted by atomic mass is 10.1. The second-order valence-corrected chi connectivity index (χ2v) is 6.37. The van der Waals surface area contributed by atoms with Gasteiger partial charge in [0.2, 0.25) is 0 Å². The number of fused-ring (bicyclic) bond motifs is 1. The van der Waals surface area contributed by atoms with E-state index >= 15 is 0 Å². The second kappa shape index (κ2) is 15.6. The molecule has 1 atom stereocenters. The van der Waals surface area contributed by atoms with Gasteiger partial charge in [-0.1, -0.05) is 32.4 Å². The van der Waals surface area contributed by atoms with Gasteiger partial charge in [-0.3, -0.25) is 4.98 Å². The minimum Gasteiger partial charge on any atom is -0.382 e. The summed E-state index contributed by atoms with van der Waals surface area (Å²) >= 11 is 6.04. The van der Waals surface area contributed by atoms with E-state index in [2.05, 4.69) is 34.8 Å². The van der Waals surface area contributed by atoms with Crippen molar-refractivity contribution in [1.29, 1.82) is 0 Å². The third-order valence-electron chi connectivity index (χ3n) is 4.11. The number of aromatic nitrogens is 1. The van der Waals surface area contributed by atoms with E-state index in [4.69, 9.17) is 17.3 Å². The molecule has 154 valence electrons. The van der Waals surface area contributed by atoms with E-state index in [0.717, 1.165) is 60.6 Å². The van der Waals surface area contributed by atoms with Crippen LogP contribution in [0.3, 0.4) is 0 Å². The number of nitrogens with two attached hydrogens (primary N) is 2. The number of hydrogen-bond acceptors (Lipinski definition) is 5. The lowest BCUT2D eigenvalue weighted by Crippen LogP contribution is -2.31. The van der Waals surface area contributed by atoms with Gasteiger partial charge in [0.1, 0.15) is 0 Å². The summed E-state index contributed by atoms with van der Waals surface area (Å²) in [5, 5.41) is 5.43. The Morgan fingerprint density at radius 2 is 1.89 bits per heavy atom. The highest BCUT2D eigenvalue weighted by atomic mass is 35.5. The molecule has 0 aliphatic carbocycles. The number of pyridine rings is 1. The highest BCUT2D eigenvalue weighted by molar-refractivity contribution is 6.31. The van der Waals surface area contributed by atoms with Crippen molar-refractivity contribution in [3.63, 3.8) is 0 Å². The van der Waals surface area contributed by atoms with Crippen molar-refractivity contribution in [2.75, 3.05) is 38.5 Å². The van der Waals surface area contributed by atoms with Crippen molar-refractivity contribution in [1.82, 2.24) is 9.88 Å². The molecule has 6 heteroatoms. The molecule has 1 heterocycles. The molecule has 0 aliphatic heterocycles. The first-order chi connectivity index (χ1) is 13.1. The number of hydrogen-bond donors (Lipinski definition) is 3. The molecular formula is C21H38ClN5. The smallest absolute Gasteiger partial charge is 0.0737 e. The molecule has 1 unspecified atom stereocenters. The van der Waals surface area contributed by atoms with Crippen LogP contribution >= 0.6 is 11.6 Å². The average molecular weight is 396 g/mol. The summed E-state index contributed by atoms with van der Waals surface area (Å²) in [6.07, 6.45) is 4.11. The number of halogens is 1. The van der Waals surface area contributed by atoms with Crippen LogP contribution in [0.5, 0.6) is 0 Å². The Bertz CT molecular complexity index is 621. The standard InChI is InChI=1S/C18H27ClN4.C2H6.CH5N/c1-3-23(12-9-20)11-4-5-14(2)22-17-8-10-21-18-13-15(19)6-7-16(17)18;2*1-2/h6-8,10,13-14H,3-5,9,11-12,20H2,1-2H3,(H,21,22);1-2H3;2H2,1H3. The monoisotopic (exact) mass is 395 g/mol. The number of nitrogens with zero attached hydrogens (tertiary/aromatic N) is 2. The summed E-state index contributed by atoms with van der Waals surface area (Å²) in [6.45, 7) is 12.3. The largest absolute Gasteiger partial charge is 0.382 e. The van der Waals surface area contributed by atoms with Crippen LogP contribution in [0.1, 0.15) is 40.5 Å². The van der Waals surface area contributed by atoms with Gasteiger partial charge in [0.25, 0.3) is 0 Å². The number of rotatable bonds is 9. The molecule has 0 bridgehead atoms. The molecule has 0 aliphatic rings. The van der Waals surface area contributed by atoms with Gasteiger partial charge in [0.15, 0.2) is 0 Å². The zero-order valence-electron chi connectivity index (χ0n) is 17.6. The Morgan fingerprint density at radius 3 is 2.52 bits per heavy atom. The van der Waals surface area contributed by atoms with Gasteiger partial charge in [-0.2, -0.15) is 0 Å². The second-order valence-electron chi connectivity index (χ2n) is 5.93. The lowest BCUT2D eigenvalue weighted by molar-refractivity contribution is 0.288. The van der Waals surface area contributed by atoms with Crippen molar-refractivity contribution in [3.05, 3.63) is 35.5 Å². The Kier molecular flexibility index (Phi) is 14.8. The number of benzene rings is 1. The first-order valence-corrected chi connectivity index (χ1v) is 10.3. The maximum absolute atomic E-state index is 6.04. The van der Waals surface area contributed by atoms with Gasteiger partial charge >= 0.3 is 0 Å². The van der Waals surface area contributed by atoms with Crippen LogP contribution in [0.4, 0.5) is 5.69 Å². The first kappa shape index (κ1) is 25.6. The molecule has 1 aromatic carbocycles. The zero-order valence-corrected chi connectivity index (χ0v) is 18.4. The maximum atomic E-state index is 6.04. The molecule has 0 spiro atoms. The fraction of sp³-hybridized carbons (Fsp3) is 0.571. The van der Waals surface area contributed by atoms with E-state index in [1.54, 1.807) is 0 Å². The molecule has 5 N–H and O–H groups in total. The quantitative estimate of drug-likeness (QED) is 0.588. The first-order valence-electron chi connectivity index (χ1n) is 9.95. The molecule has 1 aromatic heterocycles. The van der Waals surface area contributed by atoms with E-state index in [1.807, 2.05) is 44.3 Å². The number of nitrogens with one attached hydrogen (secondary N) is 1. The molecule has 0 saturated heterocycles. The Hall–Kier alpha value is -1.40. The van der Waals surface area contributed by atoms with Crippen LogP contribution in [0.15, 0.2) is 30.5 Å². The van der Waals surface area contributed by atoms with Gasteiger partial charge in [0.05, 0.1) is 5.52 Å². The molecule has 0 fully saturated rings. The molecule has 0 amide bonds. The van der Waals surface area contributed by atoms with E-state index in [9.17, 15) is 0 Å². The van der Waals surface area contributed by atoms with Crippen molar-refractivity contribution in [2.45, 2.75) is 46.6 Å². The van der Waals surface area contributed by atoms with Crippen molar-refractivity contribution >= 4 is 28.2 Å². The normalized spacial score (nSPS) is 11.3. The summed E-state index contributed by atoms with van der Waals surface area (Å²) in [4.78, 5) is 6.78. The zero-order chi connectivity index (χ0) is 20.7. The van der Waals surface area contributed by atoms with Gasteiger partial charge in [-0.25, -0.2) is 0 Å². The Labute approximate surface area is 170 Å². The van der Waals surface area contributed by atoms with Crippen LogP contribution in [-0.2, 0) is 0 Å². The van der Waals surface area contributed by atoms with Gasteiger partial charge < -0.3 is 21.7 Å². The van der Waals surface area contributed by atoms with Gasteiger partial charge in [-0.05, 0) is 64.2 Å². The third kappa shape index (κ3) is 9.38. The van der Waals surface area contributed by atoms with Crippen LogP contribution in [0.2, 0.25) is 5.02 Å².